The summed E-state index contributed by atoms with van der Waals surface area (Å²) in [6, 6.07) is 18.5. The maximum absolute atomic E-state index is 13.2. The molecule has 0 N–H and O–H groups in total. The van der Waals surface area contributed by atoms with Crippen molar-refractivity contribution < 1.29 is 32.5 Å². The van der Waals surface area contributed by atoms with Crippen LogP contribution in [-0.4, -0.2) is 47.8 Å². The Morgan fingerprint density at radius 2 is 1.65 bits per heavy atom. The van der Waals surface area contributed by atoms with Gasteiger partial charge in [-0.25, -0.2) is 9.78 Å². The average molecular weight is 670 g/mol. The molecule has 0 radical (unpaired) electrons. The van der Waals surface area contributed by atoms with E-state index in [-0.39, 0.29) is 5.78 Å². The van der Waals surface area contributed by atoms with Crippen molar-refractivity contribution in [3.05, 3.63) is 94.0 Å². The number of piperazine rings is 1. The number of Topliss-reactive ketones (excluding diaryl/α,β-unsaturated/α-hetero) is 1. The Morgan fingerprint density at radius 1 is 0.957 bits per heavy atom. The lowest BCUT2D eigenvalue weighted by Gasteiger charge is -2.36. The molecule has 5 rings (SSSR count). The van der Waals surface area contributed by atoms with E-state index >= 15 is 0 Å². The van der Waals surface area contributed by atoms with Gasteiger partial charge in [-0.05, 0) is 67.9 Å². The van der Waals surface area contributed by atoms with Crippen LogP contribution in [0, 0.1) is 0 Å². The number of thioether (sulfide) groups is 1. The molecule has 7 nitrogen and oxygen atoms in total. The third-order valence-corrected chi connectivity index (χ3v) is 10.0. The number of anilines is 1. The van der Waals surface area contributed by atoms with E-state index < -0.39 is 17.7 Å². The zero-order valence-corrected chi connectivity index (χ0v) is 27.4. The van der Waals surface area contributed by atoms with E-state index in [9.17, 15) is 22.8 Å². The molecule has 3 aromatic carbocycles. The fourth-order valence-electron chi connectivity index (χ4n) is 5.08. The molecule has 1 fully saturated rings. The van der Waals surface area contributed by atoms with Crippen LogP contribution < -0.4 is 9.79 Å². The van der Waals surface area contributed by atoms with Crippen molar-refractivity contribution in [1.82, 2.24) is 9.88 Å². The van der Waals surface area contributed by atoms with Gasteiger partial charge in [-0.1, -0.05) is 19.1 Å². The van der Waals surface area contributed by atoms with Crippen LogP contribution in [0.25, 0.3) is 10.6 Å². The number of benzene rings is 3. The normalized spacial score (nSPS) is 13.9. The van der Waals surface area contributed by atoms with Crippen molar-refractivity contribution in [1.29, 1.82) is 0 Å². The number of ketones is 1. The van der Waals surface area contributed by atoms with Crippen molar-refractivity contribution in [3.63, 3.8) is 0 Å². The number of hydrogen-bond donors (Lipinski definition) is 0. The number of carbonyl (C=O) groups is 2. The number of nitrogens with zero attached hydrogens (tertiary/aromatic N) is 3. The minimum atomic E-state index is -4.40. The second-order valence-electron chi connectivity index (χ2n) is 10.9. The summed E-state index contributed by atoms with van der Waals surface area (Å²) in [6.45, 7) is 8.72. The molecular formula is C34H34F3N3O4S2. The van der Waals surface area contributed by atoms with E-state index in [0.29, 0.717) is 40.6 Å². The van der Waals surface area contributed by atoms with Gasteiger partial charge in [-0.15, -0.1) is 23.1 Å². The number of rotatable bonds is 11. The van der Waals surface area contributed by atoms with E-state index in [2.05, 4.69) is 9.80 Å². The number of carbonyl (C=O) groups excluding carboxylic acids is 2. The van der Waals surface area contributed by atoms with Crippen LogP contribution >= 0.6 is 23.1 Å². The minimum absolute atomic E-state index is 0.0420. The predicted octanol–water partition coefficient (Wildman–Crippen LogP) is 8.07. The highest BCUT2D eigenvalue weighted by Gasteiger charge is 2.30. The zero-order valence-electron chi connectivity index (χ0n) is 25.7. The molecule has 1 aliphatic heterocycles. The van der Waals surface area contributed by atoms with Crippen LogP contribution in [0.5, 0.6) is 5.75 Å². The molecule has 242 valence electrons. The summed E-state index contributed by atoms with van der Waals surface area (Å²) < 4.78 is 39.6. The van der Waals surface area contributed by atoms with Gasteiger partial charge in [0.1, 0.15) is 5.01 Å². The van der Waals surface area contributed by atoms with Crippen LogP contribution in [0.1, 0.15) is 52.8 Å². The molecule has 1 aromatic heterocycles. The van der Waals surface area contributed by atoms with Crippen molar-refractivity contribution in [2.75, 3.05) is 31.1 Å². The quantitative estimate of drug-likeness (QED) is 0.0688. The number of aromatic nitrogens is 1. The van der Waals surface area contributed by atoms with Gasteiger partial charge in [0.05, 0.1) is 11.3 Å². The Balaban J connectivity index is 1.32. The minimum Gasteiger partial charge on any atom is -0.369 e. The summed E-state index contributed by atoms with van der Waals surface area (Å²) in [7, 11) is 0. The second kappa shape index (κ2) is 14.7. The van der Waals surface area contributed by atoms with Crippen LogP contribution in [0.15, 0.2) is 71.6 Å². The molecule has 4 aromatic rings. The highest BCUT2D eigenvalue weighted by molar-refractivity contribution is 7.98. The van der Waals surface area contributed by atoms with Crippen molar-refractivity contribution in [2.24, 2.45) is 0 Å². The van der Waals surface area contributed by atoms with Crippen LogP contribution in [0.2, 0.25) is 0 Å². The molecule has 2 heterocycles. The molecule has 1 aliphatic rings. The molecule has 0 saturated carbocycles. The first-order valence-corrected chi connectivity index (χ1v) is 16.7. The molecule has 0 bridgehead atoms. The number of thiazole rings is 1. The summed E-state index contributed by atoms with van der Waals surface area (Å²) in [6.07, 6.45) is -3.72. The first-order chi connectivity index (χ1) is 22.0. The Labute approximate surface area is 274 Å². The Morgan fingerprint density at radius 3 is 2.26 bits per heavy atom. The summed E-state index contributed by atoms with van der Waals surface area (Å²) in [4.78, 5) is 44.4. The Hall–Kier alpha value is -3.87. The molecule has 0 spiro atoms. The lowest BCUT2D eigenvalue weighted by molar-refractivity contribution is -0.211. The van der Waals surface area contributed by atoms with Crippen LogP contribution in [0.3, 0.4) is 0 Å². The van der Waals surface area contributed by atoms with Gasteiger partial charge in [0.15, 0.2) is 11.5 Å². The second-order valence-corrected chi connectivity index (χ2v) is 13.0. The topological polar surface area (TPSA) is 72.0 Å². The monoisotopic (exact) mass is 669 g/mol. The standard InChI is InChI=1S/C34H34F3N3O4S2/c1-4-24-19-29(13-14-31(24)44-43-23(3)42)45-21-32-30(38-33(46-32)26-5-9-27(10-6-26)34(35,36)37)20-39-15-17-40(18-16-39)28-11-7-25(8-12-28)22(2)41/h5-14,19H,4,15-18,20-21H2,1-3H3. The van der Waals surface area contributed by atoms with Crippen molar-refractivity contribution >= 4 is 40.5 Å². The fraction of sp³-hybridized carbons (Fsp3) is 0.324. The Kier molecular flexibility index (Phi) is 10.7. The largest absolute Gasteiger partial charge is 0.416 e. The highest BCUT2D eigenvalue weighted by atomic mass is 32.2. The molecule has 0 unspecified atom stereocenters. The number of alkyl halides is 3. The first-order valence-electron chi connectivity index (χ1n) is 14.9. The lowest BCUT2D eigenvalue weighted by Crippen LogP contribution is -2.46. The third-order valence-electron chi connectivity index (χ3n) is 7.65. The molecular weight excluding hydrogens is 636 g/mol. The first kappa shape index (κ1) is 33.5. The predicted molar refractivity (Wildman–Crippen MR) is 174 cm³/mol. The van der Waals surface area contributed by atoms with Gasteiger partial charge in [0.2, 0.25) is 0 Å². The molecule has 0 atom stereocenters. The van der Waals surface area contributed by atoms with Crippen molar-refractivity contribution in [3.8, 4) is 16.3 Å². The van der Waals surface area contributed by atoms with Gasteiger partial charge in [0, 0.05) is 77.6 Å². The summed E-state index contributed by atoms with van der Waals surface area (Å²) in [5, 5.41) is 0.683. The maximum Gasteiger partial charge on any atom is 0.416 e. The smallest absolute Gasteiger partial charge is 0.369 e. The molecule has 1 saturated heterocycles. The molecule has 12 heteroatoms. The summed E-state index contributed by atoms with van der Waals surface area (Å²) in [5.74, 6) is 0.620. The van der Waals surface area contributed by atoms with Crippen LogP contribution in [-0.2, 0) is 34.6 Å². The maximum atomic E-state index is 13.2. The SMILES string of the molecule is CCc1cc(SCc2sc(-c3ccc(C(F)(F)F)cc3)nc2CN2CCN(c3ccc(C(C)=O)cc3)CC2)ccc1OOC(C)=O. The molecule has 46 heavy (non-hydrogen) atoms. The van der Waals surface area contributed by atoms with Gasteiger partial charge in [-0.2, -0.15) is 13.2 Å². The van der Waals surface area contributed by atoms with E-state index in [1.54, 1.807) is 24.8 Å². The molecule has 0 amide bonds. The van der Waals surface area contributed by atoms with Crippen molar-refractivity contribution in [2.45, 2.75) is 50.6 Å². The van der Waals surface area contributed by atoms with Gasteiger partial charge < -0.3 is 4.90 Å². The van der Waals surface area contributed by atoms with Gasteiger partial charge in [-0.3, -0.25) is 19.5 Å². The van der Waals surface area contributed by atoms with Crippen LogP contribution in [0.4, 0.5) is 18.9 Å². The van der Waals surface area contributed by atoms with E-state index in [1.807, 2.05) is 43.3 Å². The number of hydrogen-bond acceptors (Lipinski definition) is 9. The Bertz CT molecular complexity index is 1670. The third kappa shape index (κ3) is 8.48. The van der Waals surface area contributed by atoms with Gasteiger partial charge in [0.25, 0.3) is 0 Å². The number of halogens is 3. The average Bonchev–Trinajstić information content (AvgIpc) is 3.45. The van der Waals surface area contributed by atoms with Gasteiger partial charge >= 0.3 is 12.1 Å². The molecule has 0 aliphatic carbocycles. The van der Waals surface area contributed by atoms with E-state index in [1.165, 1.54) is 30.4 Å². The van der Waals surface area contributed by atoms with E-state index in [0.717, 1.165) is 65.0 Å². The fourth-order valence-corrected chi connectivity index (χ4v) is 7.22. The highest BCUT2D eigenvalue weighted by Crippen LogP contribution is 2.37. The zero-order chi connectivity index (χ0) is 32.8. The summed E-state index contributed by atoms with van der Waals surface area (Å²) in [5.41, 5.74) is 3.54. The summed E-state index contributed by atoms with van der Waals surface area (Å²) >= 11 is 3.13. The lowest BCUT2D eigenvalue weighted by atomic mass is 10.1. The van der Waals surface area contributed by atoms with E-state index in [4.69, 9.17) is 14.8 Å². The number of aryl methyl sites for hydroxylation is 1.